The largest absolute Gasteiger partial charge is 0.457 e. The van der Waals surface area contributed by atoms with E-state index in [1.54, 1.807) is 6.26 Å². The van der Waals surface area contributed by atoms with Crippen molar-refractivity contribution in [3.05, 3.63) is 12.0 Å². The number of epoxide rings is 1. The molecular weight excluding hydrogens is 156 g/mol. The molecule has 2 heterocycles. The van der Waals surface area contributed by atoms with Crippen LogP contribution >= 0.6 is 0 Å². The van der Waals surface area contributed by atoms with Crippen molar-refractivity contribution in [3.8, 4) is 0 Å². The first-order valence-electron chi connectivity index (χ1n) is 4.15. The third kappa shape index (κ3) is 3.62. The zero-order valence-electron chi connectivity index (χ0n) is 8.09. The minimum Gasteiger partial charge on any atom is -0.457 e. The highest BCUT2D eigenvalue weighted by atomic mass is 16.7. The second-order valence-corrected chi connectivity index (χ2v) is 3.49. The predicted octanol–water partition coefficient (Wildman–Crippen LogP) is 2.04. The molecule has 1 saturated heterocycles. The van der Waals surface area contributed by atoms with Gasteiger partial charge in [0.15, 0.2) is 0 Å². The van der Waals surface area contributed by atoms with Gasteiger partial charge in [0.1, 0.15) is 12.0 Å². The van der Waals surface area contributed by atoms with Crippen LogP contribution in [0.1, 0.15) is 27.7 Å². The van der Waals surface area contributed by atoms with E-state index in [4.69, 9.17) is 14.2 Å². The normalized spacial score (nSPS) is 29.0. The summed E-state index contributed by atoms with van der Waals surface area (Å²) in [4.78, 5) is 0. The van der Waals surface area contributed by atoms with Crippen molar-refractivity contribution in [1.29, 1.82) is 0 Å². The zero-order valence-corrected chi connectivity index (χ0v) is 8.09. The van der Waals surface area contributed by atoms with Crippen LogP contribution in [0.5, 0.6) is 0 Å². The van der Waals surface area contributed by atoms with Crippen LogP contribution in [0.15, 0.2) is 12.0 Å². The Hall–Kier alpha value is -0.700. The van der Waals surface area contributed by atoms with Crippen molar-refractivity contribution >= 4 is 0 Å². The number of hydrogen-bond acceptors (Lipinski definition) is 3. The van der Waals surface area contributed by atoms with Crippen LogP contribution in [0, 0.1) is 0 Å². The van der Waals surface area contributed by atoms with E-state index in [1.807, 2.05) is 20.8 Å². The first kappa shape index (κ1) is 9.39. The molecule has 0 aromatic heterocycles. The second kappa shape index (κ2) is 3.35. The van der Waals surface area contributed by atoms with Gasteiger partial charge in [0.25, 0.3) is 0 Å². The summed E-state index contributed by atoms with van der Waals surface area (Å²) in [5, 5.41) is 0. The van der Waals surface area contributed by atoms with Gasteiger partial charge < -0.3 is 14.2 Å². The maximum absolute atomic E-state index is 5.19. The molecule has 0 amide bonds. The Kier molecular flexibility index (Phi) is 2.62. The molecular formula is C9H16O3. The van der Waals surface area contributed by atoms with Crippen LogP contribution in [-0.2, 0) is 14.2 Å². The fourth-order valence-electron chi connectivity index (χ4n) is 0.757. The lowest BCUT2D eigenvalue weighted by molar-refractivity contribution is -0.115. The van der Waals surface area contributed by atoms with E-state index in [9.17, 15) is 0 Å². The summed E-state index contributed by atoms with van der Waals surface area (Å²) in [6, 6.07) is 0. The Labute approximate surface area is 73.3 Å². The van der Waals surface area contributed by atoms with Gasteiger partial charge in [0.05, 0.1) is 12.7 Å². The van der Waals surface area contributed by atoms with Crippen LogP contribution in [0.4, 0.5) is 0 Å². The Morgan fingerprint density at radius 1 is 1.50 bits per heavy atom. The van der Waals surface area contributed by atoms with Gasteiger partial charge in [-0.3, -0.25) is 0 Å². The third-order valence-electron chi connectivity index (χ3n) is 1.42. The molecule has 2 rings (SSSR count). The monoisotopic (exact) mass is 172 g/mol. The van der Waals surface area contributed by atoms with E-state index in [0.717, 1.165) is 12.4 Å². The molecule has 0 aliphatic carbocycles. The molecule has 0 bridgehead atoms. The van der Waals surface area contributed by atoms with E-state index in [2.05, 4.69) is 6.92 Å². The fourth-order valence-corrected chi connectivity index (χ4v) is 0.757. The summed E-state index contributed by atoms with van der Waals surface area (Å²) in [5.74, 6) is 0.416. The standard InChI is InChI=1S/C6H10O2.C3H6O/c1-5-4-7-6(2,3)8-5;1-3-2-4-3/h4H,1-3H3;3H,2H2,1H3. The first-order chi connectivity index (χ1) is 5.49. The van der Waals surface area contributed by atoms with Crippen molar-refractivity contribution in [2.45, 2.75) is 39.6 Å². The van der Waals surface area contributed by atoms with Crippen LogP contribution in [0.3, 0.4) is 0 Å². The number of ether oxygens (including phenoxy) is 3. The molecule has 12 heavy (non-hydrogen) atoms. The minimum absolute atomic E-state index is 0.427. The molecule has 2 aliphatic rings. The lowest BCUT2D eigenvalue weighted by Gasteiger charge is -2.16. The van der Waals surface area contributed by atoms with E-state index in [0.29, 0.717) is 6.10 Å². The van der Waals surface area contributed by atoms with Crippen LogP contribution in [0.25, 0.3) is 0 Å². The first-order valence-corrected chi connectivity index (χ1v) is 4.15. The maximum atomic E-state index is 5.19. The Balaban J connectivity index is 0.000000150. The Morgan fingerprint density at radius 3 is 2.08 bits per heavy atom. The molecule has 3 nitrogen and oxygen atoms in total. The van der Waals surface area contributed by atoms with Crippen LogP contribution in [-0.4, -0.2) is 18.5 Å². The molecule has 1 fully saturated rings. The lowest BCUT2D eigenvalue weighted by atomic mass is 10.4. The predicted molar refractivity (Wildman–Crippen MR) is 45.4 cm³/mol. The van der Waals surface area contributed by atoms with Gasteiger partial charge in [-0.15, -0.1) is 0 Å². The molecule has 0 spiro atoms. The quantitative estimate of drug-likeness (QED) is 0.524. The summed E-state index contributed by atoms with van der Waals surface area (Å²) in [5.41, 5.74) is 0. The van der Waals surface area contributed by atoms with Gasteiger partial charge in [-0.1, -0.05) is 0 Å². The van der Waals surface area contributed by atoms with Crippen molar-refractivity contribution in [1.82, 2.24) is 0 Å². The highest BCUT2D eigenvalue weighted by Crippen LogP contribution is 2.22. The van der Waals surface area contributed by atoms with E-state index >= 15 is 0 Å². The molecule has 0 aromatic rings. The van der Waals surface area contributed by atoms with E-state index < -0.39 is 5.79 Å². The molecule has 1 unspecified atom stereocenters. The summed E-state index contributed by atoms with van der Waals surface area (Å²) in [6.07, 6.45) is 2.21. The molecule has 0 saturated carbocycles. The zero-order chi connectivity index (χ0) is 9.19. The minimum atomic E-state index is -0.427. The van der Waals surface area contributed by atoms with E-state index in [1.165, 1.54) is 0 Å². The second-order valence-electron chi connectivity index (χ2n) is 3.49. The van der Waals surface area contributed by atoms with Crippen molar-refractivity contribution in [3.63, 3.8) is 0 Å². The third-order valence-corrected chi connectivity index (χ3v) is 1.42. The average Bonchev–Trinajstić information content (AvgIpc) is 2.62. The number of hydrogen-bond donors (Lipinski definition) is 0. The molecule has 70 valence electrons. The summed E-state index contributed by atoms with van der Waals surface area (Å²) in [6.45, 7) is 8.66. The number of rotatable bonds is 0. The maximum Gasteiger partial charge on any atom is 0.244 e. The highest BCUT2D eigenvalue weighted by Gasteiger charge is 2.24. The van der Waals surface area contributed by atoms with Crippen LogP contribution in [0.2, 0.25) is 0 Å². The summed E-state index contributed by atoms with van der Waals surface area (Å²) < 4.78 is 15.0. The Morgan fingerprint density at radius 2 is 2.00 bits per heavy atom. The average molecular weight is 172 g/mol. The summed E-state index contributed by atoms with van der Waals surface area (Å²) in [7, 11) is 0. The van der Waals surface area contributed by atoms with Crippen molar-refractivity contribution in [2.75, 3.05) is 6.61 Å². The van der Waals surface area contributed by atoms with Gasteiger partial charge in [-0.25, -0.2) is 0 Å². The molecule has 1 atom stereocenters. The topological polar surface area (TPSA) is 31.0 Å². The highest BCUT2D eigenvalue weighted by molar-refractivity contribution is 4.90. The summed E-state index contributed by atoms with van der Waals surface area (Å²) >= 11 is 0. The Bertz CT molecular complexity index is 180. The molecule has 2 aliphatic heterocycles. The molecule has 0 N–H and O–H groups in total. The van der Waals surface area contributed by atoms with Crippen LogP contribution < -0.4 is 0 Å². The van der Waals surface area contributed by atoms with Crippen molar-refractivity contribution in [2.24, 2.45) is 0 Å². The number of allylic oxidation sites excluding steroid dienone is 1. The van der Waals surface area contributed by atoms with E-state index in [-0.39, 0.29) is 0 Å². The smallest absolute Gasteiger partial charge is 0.244 e. The van der Waals surface area contributed by atoms with Gasteiger partial charge in [-0.2, -0.15) is 0 Å². The van der Waals surface area contributed by atoms with Gasteiger partial charge in [0, 0.05) is 13.8 Å². The fraction of sp³-hybridized carbons (Fsp3) is 0.778. The van der Waals surface area contributed by atoms with Gasteiger partial charge >= 0.3 is 0 Å². The van der Waals surface area contributed by atoms with Crippen molar-refractivity contribution < 1.29 is 14.2 Å². The van der Waals surface area contributed by atoms with Gasteiger partial charge in [0.2, 0.25) is 5.79 Å². The molecule has 0 aromatic carbocycles. The molecule has 3 heteroatoms. The molecule has 0 radical (unpaired) electrons. The lowest BCUT2D eigenvalue weighted by Crippen LogP contribution is -2.19. The van der Waals surface area contributed by atoms with Gasteiger partial charge in [-0.05, 0) is 13.8 Å². The SMILES string of the molecule is CC1=COC(C)(C)O1.CC1CO1.